The van der Waals surface area contributed by atoms with Crippen molar-refractivity contribution in [1.82, 2.24) is 9.80 Å². The van der Waals surface area contributed by atoms with Gasteiger partial charge in [0.15, 0.2) is 5.17 Å². The topological polar surface area (TPSA) is 115 Å². The number of carboxylic acid groups (broad SMARTS) is 1. The lowest BCUT2D eigenvalue weighted by molar-refractivity contribution is -0.148. The maximum Gasteiger partial charge on any atom is 0.321 e. The number of esters is 1. The van der Waals surface area contributed by atoms with Crippen molar-refractivity contribution in [1.29, 1.82) is 0 Å². The molecule has 4 aliphatic heterocycles. The monoisotopic (exact) mass is 586 g/mol. The minimum Gasteiger partial charge on any atom is -0.481 e. The number of fused-ring (bicyclic) bond motifs is 2. The fraction of sp³-hybridized carbons (Fsp3) is 0.520. The zero-order valence-corrected chi connectivity index (χ0v) is 22.3. The first kappa shape index (κ1) is 27.9. The van der Waals surface area contributed by atoms with Gasteiger partial charge in [0, 0.05) is 29.7 Å². The van der Waals surface area contributed by atoms with Crippen molar-refractivity contribution >= 4 is 46.8 Å². The van der Waals surface area contributed by atoms with Gasteiger partial charge in [-0.25, -0.2) is 13.2 Å². The van der Waals surface area contributed by atoms with Crippen molar-refractivity contribution in [3.8, 4) is 0 Å². The maximum atomic E-state index is 15.0. The Labute approximate surface area is 231 Å². The van der Waals surface area contributed by atoms with Gasteiger partial charge in [0.05, 0.1) is 38.1 Å². The van der Waals surface area contributed by atoms with Gasteiger partial charge in [0.2, 0.25) is 0 Å². The molecule has 5 rings (SSSR count). The molecule has 2 bridgehead atoms. The van der Waals surface area contributed by atoms with Gasteiger partial charge in [-0.1, -0.05) is 29.4 Å². The molecule has 2 fully saturated rings. The van der Waals surface area contributed by atoms with E-state index in [1.807, 2.05) is 0 Å². The third kappa shape index (κ3) is 5.41. The number of ether oxygens (including phenoxy) is 1. The molecule has 2 saturated heterocycles. The van der Waals surface area contributed by atoms with E-state index < -0.39 is 65.5 Å². The largest absolute Gasteiger partial charge is 0.481 e. The molecule has 3 unspecified atom stereocenters. The highest BCUT2D eigenvalue weighted by Gasteiger charge is 2.61. The van der Waals surface area contributed by atoms with E-state index in [4.69, 9.17) is 21.3 Å². The number of aliphatic imine (C=N–C) groups is 2. The number of carbonyl (C=O) groups excluding carboxylic acids is 1. The highest BCUT2D eigenvalue weighted by molar-refractivity contribution is 8.15. The molecule has 4 heterocycles. The van der Waals surface area contributed by atoms with Gasteiger partial charge >= 0.3 is 11.9 Å². The van der Waals surface area contributed by atoms with Crippen molar-refractivity contribution in [2.75, 3.05) is 20.2 Å². The van der Waals surface area contributed by atoms with Crippen molar-refractivity contribution < 1.29 is 37.7 Å². The Hall–Kier alpha value is -2.61. The smallest absolute Gasteiger partial charge is 0.321 e. The second-order valence-electron chi connectivity index (χ2n) is 10.1. The van der Waals surface area contributed by atoms with E-state index in [0.717, 1.165) is 17.8 Å². The predicted molar refractivity (Wildman–Crippen MR) is 139 cm³/mol. The Kier molecular flexibility index (Phi) is 7.46. The number of halogens is 4. The van der Waals surface area contributed by atoms with Crippen LogP contribution in [-0.2, 0) is 14.3 Å². The van der Waals surface area contributed by atoms with Gasteiger partial charge in [-0.05, 0) is 36.6 Å². The number of alkyl halides is 2. The average molecular weight is 587 g/mol. The number of piperidine rings is 1. The normalized spacial score (nSPS) is 31.7. The molecule has 9 nitrogen and oxygen atoms in total. The number of hydrogen-bond donors (Lipinski definition) is 2. The second kappa shape index (κ2) is 10.4. The Balaban J connectivity index is 1.41. The van der Waals surface area contributed by atoms with Crippen LogP contribution < -0.4 is 0 Å². The summed E-state index contributed by atoms with van der Waals surface area (Å²) in [6, 6.07) is 0.959. The fourth-order valence-corrected chi connectivity index (χ4v) is 7.30. The predicted octanol–water partition coefficient (Wildman–Crippen LogP) is 3.47. The molecule has 0 radical (unpaired) electrons. The van der Waals surface area contributed by atoms with Crippen LogP contribution >= 0.6 is 23.4 Å². The molecule has 2 N–H and O–H groups in total. The number of rotatable bonds is 6. The first-order valence-corrected chi connectivity index (χ1v) is 13.5. The molecular weight excluding hydrogens is 561 g/mol. The van der Waals surface area contributed by atoms with Crippen molar-refractivity contribution in [2.45, 2.75) is 60.6 Å². The molecule has 39 heavy (non-hydrogen) atoms. The van der Waals surface area contributed by atoms with E-state index in [0.29, 0.717) is 23.0 Å². The molecule has 1 aromatic rings. The van der Waals surface area contributed by atoms with Gasteiger partial charge < -0.3 is 14.9 Å². The Morgan fingerprint density at radius 1 is 1.28 bits per heavy atom. The number of hydrogen-bond acceptors (Lipinski definition) is 9. The number of carbonyl (C=O) groups is 2. The fourth-order valence-electron chi connectivity index (χ4n) is 5.81. The van der Waals surface area contributed by atoms with Crippen molar-refractivity contribution in [3.63, 3.8) is 0 Å². The van der Waals surface area contributed by atoms with E-state index >= 15 is 0 Å². The summed E-state index contributed by atoms with van der Waals surface area (Å²) in [7, 11) is 1.25. The highest BCUT2D eigenvalue weighted by Crippen LogP contribution is 2.50. The van der Waals surface area contributed by atoms with Gasteiger partial charge in [0.1, 0.15) is 17.1 Å². The molecule has 0 spiro atoms. The number of aliphatic hydroxyl groups is 1. The zero-order chi connectivity index (χ0) is 28.1. The molecule has 0 aromatic heterocycles. The molecule has 0 amide bonds. The number of thioether (sulfide) groups is 1. The van der Waals surface area contributed by atoms with Crippen LogP contribution in [0.15, 0.2) is 40.0 Å². The van der Waals surface area contributed by atoms with Crippen LogP contribution in [0.5, 0.6) is 0 Å². The summed E-state index contributed by atoms with van der Waals surface area (Å²) in [5.41, 5.74) is -0.676. The quantitative estimate of drug-likeness (QED) is 0.487. The van der Waals surface area contributed by atoms with Crippen LogP contribution in [0.1, 0.15) is 37.3 Å². The first-order valence-electron chi connectivity index (χ1n) is 12.2. The molecular formula is C25H26ClF3N4O5S. The van der Waals surface area contributed by atoms with Crippen LogP contribution in [0.4, 0.5) is 13.2 Å². The third-order valence-corrected chi connectivity index (χ3v) is 9.05. The number of methoxy groups -OCH3 is 1. The molecule has 14 heteroatoms. The summed E-state index contributed by atoms with van der Waals surface area (Å²) < 4.78 is 48.6. The van der Waals surface area contributed by atoms with Crippen LogP contribution in [0.2, 0.25) is 5.02 Å². The SMILES string of the molecule is COC(=O)[C@@H]1SC(N2C=NCC=C2CN2C3CC(O)(CC(=O)O)CC2C(F)(F)C3)=N[C@@H]1c1ccc(F)cc1Cl. The average Bonchev–Trinajstić information content (AvgIpc) is 3.34. The summed E-state index contributed by atoms with van der Waals surface area (Å²) >= 11 is 7.38. The van der Waals surface area contributed by atoms with E-state index in [2.05, 4.69) is 4.99 Å². The van der Waals surface area contributed by atoms with Gasteiger partial charge in [-0.2, -0.15) is 0 Å². The van der Waals surface area contributed by atoms with Crippen LogP contribution in [0.25, 0.3) is 0 Å². The minimum atomic E-state index is -3.10. The van der Waals surface area contributed by atoms with Crippen LogP contribution in [0, 0.1) is 5.82 Å². The Bertz CT molecular complexity index is 1280. The summed E-state index contributed by atoms with van der Waals surface area (Å²) in [5, 5.41) is 19.6. The minimum absolute atomic E-state index is 0.0739. The van der Waals surface area contributed by atoms with Crippen molar-refractivity contribution in [3.05, 3.63) is 46.4 Å². The number of nitrogens with zero attached hydrogens (tertiary/aromatic N) is 4. The zero-order valence-electron chi connectivity index (χ0n) is 20.8. The summed E-state index contributed by atoms with van der Waals surface area (Å²) in [4.78, 5) is 36.1. The standard InChI is InChI=1S/C25H26ClF3N4O5S/c1-38-22(36)21-20(16-3-2-13(27)6-17(16)26)31-23(39-21)33-12-30-5-4-14(33)11-32-15-7-24(37,10-19(34)35)9-18(32)25(28,29)8-15/h2-4,6,12,15,18,20-21,37H,5,7-11H2,1H3,(H,34,35)/t15?,18?,20-,21-,24?/m1/s1. The highest BCUT2D eigenvalue weighted by atomic mass is 35.5. The molecule has 1 aromatic carbocycles. The van der Waals surface area contributed by atoms with Gasteiger partial charge in [0.25, 0.3) is 5.92 Å². The number of aliphatic carboxylic acids is 1. The van der Waals surface area contributed by atoms with Gasteiger partial charge in [-0.3, -0.25) is 29.4 Å². The molecule has 5 atom stereocenters. The lowest BCUT2D eigenvalue weighted by Gasteiger charge is -2.44. The van der Waals surface area contributed by atoms with Crippen LogP contribution in [-0.4, -0.2) is 92.5 Å². The second-order valence-corrected chi connectivity index (χ2v) is 11.7. The van der Waals surface area contributed by atoms with Crippen LogP contribution in [0.3, 0.4) is 0 Å². The Morgan fingerprint density at radius 2 is 2.05 bits per heavy atom. The summed E-state index contributed by atoms with van der Waals surface area (Å²) in [6.07, 6.45) is 1.75. The van der Waals surface area contributed by atoms with Gasteiger partial charge in [-0.15, -0.1) is 0 Å². The molecule has 4 aliphatic rings. The Morgan fingerprint density at radius 3 is 2.72 bits per heavy atom. The summed E-state index contributed by atoms with van der Waals surface area (Å²) in [6.45, 7) is 0.379. The van der Waals surface area contributed by atoms with Crippen molar-refractivity contribution in [2.24, 2.45) is 9.98 Å². The number of benzene rings is 1. The number of amidine groups is 1. The van der Waals surface area contributed by atoms with E-state index in [1.54, 1.807) is 15.9 Å². The molecule has 0 saturated carbocycles. The lowest BCUT2D eigenvalue weighted by Crippen LogP contribution is -2.55. The molecule has 210 valence electrons. The lowest BCUT2D eigenvalue weighted by atomic mass is 9.83. The van der Waals surface area contributed by atoms with E-state index in [-0.39, 0.29) is 24.4 Å². The third-order valence-electron chi connectivity index (χ3n) is 7.51. The van der Waals surface area contributed by atoms with E-state index in [9.17, 15) is 33.0 Å². The summed E-state index contributed by atoms with van der Waals surface area (Å²) in [5.74, 6) is -5.43. The maximum absolute atomic E-state index is 15.0. The number of carboxylic acids is 1. The first-order chi connectivity index (χ1) is 18.4. The van der Waals surface area contributed by atoms with E-state index in [1.165, 1.54) is 25.6 Å². The molecule has 0 aliphatic carbocycles.